The Bertz CT molecular complexity index is 1180. The number of rotatable bonds is 5. The van der Waals surface area contributed by atoms with Crippen LogP contribution in [0.2, 0.25) is 0 Å². The van der Waals surface area contributed by atoms with Crippen molar-refractivity contribution in [3.63, 3.8) is 0 Å². The van der Waals surface area contributed by atoms with Crippen molar-refractivity contribution in [2.24, 2.45) is 0 Å². The lowest BCUT2D eigenvalue weighted by Crippen LogP contribution is -2.25. The Kier molecular flexibility index (Phi) is 4.91. The number of benzene rings is 3. The van der Waals surface area contributed by atoms with E-state index < -0.39 is 0 Å². The van der Waals surface area contributed by atoms with E-state index >= 15 is 0 Å². The maximum absolute atomic E-state index is 12.5. The molecule has 0 fully saturated rings. The van der Waals surface area contributed by atoms with Gasteiger partial charge in [-0.1, -0.05) is 24.3 Å². The first-order valence-electron chi connectivity index (χ1n) is 9.36. The lowest BCUT2D eigenvalue weighted by atomic mass is 10.1. The van der Waals surface area contributed by atoms with Gasteiger partial charge in [0.2, 0.25) is 0 Å². The van der Waals surface area contributed by atoms with Crippen molar-refractivity contribution < 1.29 is 15.0 Å². The summed E-state index contributed by atoms with van der Waals surface area (Å²) in [6.07, 6.45) is 0.545. The fourth-order valence-corrected chi connectivity index (χ4v) is 3.39. The molecule has 0 saturated carbocycles. The van der Waals surface area contributed by atoms with Crippen LogP contribution in [0.5, 0.6) is 11.5 Å². The summed E-state index contributed by atoms with van der Waals surface area (Å²) in [6.45, 7) is 2.36. The Morgan fingerprint density at radius 2 is 1.79 bits per heavy atom. The minimum absolute atomic E-state index is 0.156. The summed E-state index contributed by atoms with van der Waals surface area (Å²) < 4.78 is 2.06. The molecule has 4 rings (SSSR count). The number of aryl methyl sites for hydroxylation is 1. The molecule has 146 valence electrons. The van der Waals surface area contributed by atoms with Gasteiger partial charge in [-0.3, -0.25) is 9.36 Å². The number of carbonyl (C=O) groups is 1. The highest BCUT2D eigenvalue weighted by atomic mass is 16.3. The van der Waals surface area contributed by atoms with Gasteiger partial charge in [0.25, 0.3) is 5.91 Å². The SMILES string of the molecule is Cc1nc2cc(C(=O)NCCc3ccc(O)c(O)c3)ccc2n1-c1ccccc1. The van der Waals surface area contributed by atoms with E-state index in [0.29, 0.717) is 18.5 Å². The lowest BCUT2D eigenvalue weighted by Gasteiger charge is -2.08. The topological polar surface area (TPSA) is 87.4 Å². The second-order valence-corrected chi connectivity index (χ2v) is 6.86. The molecule has 6 heteroatoms. The van der Waals surface area contributed by atoms with Crippen LogP contribution in [0.4, 0.5) is 0 Å². The molecule has 1 aromatic heterocycles. The Hall–Kier alpha value is -3.80. The van der Waals surface area contributed by atoms with E-state index in [9.17, 15) is 15.0 Å². The summed E-state index contributed by atoms with van der Waals surface area (Å²) in [7, 11) is 0. The summed E-state index contributed by atoms with van der Waals surface area (Å²) in [5.41, 5.74) is 4.12. The van der Waals surface area contributed by atoms with Crippen molar-refractivity contribution in [3.05, 3.63) is 83.7 Å². The van der Waals surface area contributed by atoms with E-state index in [1.165, 1.54) is 12.1 Å². The number of aromatic nitrogens is 2. The standard InChI is InChI=1S/C23H21N3O3/c1-15-25-19-14-17(8-9-20(19)26(15)18-5-3-2-4-6-18)23(29)24-12-11-16-7-10-21(27)22(28)13-16/h2-10,13-14,27-28H,11-12H2,1H3,(H,24,29). The fourth-order valence-electron chi connectivity index (χ4n) is 3.39. The summed E-state index contributed by atoms with van der Waals surface area (Å²) >= 11 is 0. The first kappa shape index (κ1) is 18.6. The molecule has 4 aromatic rings. The van der Waals surface area contributed by atoms with Crippen molar-refractivity contribution >= 4 is 16.9 Å². The van der Waals surface area contributed by atoms with Crippen molar-refractivity contribution in [1.29, 1.82) is 0 Å². The van der Waals surface area contributed by atoms with Gasteiger partial charge in [-0.05, 0) is 61.4 Å². The first-order valence-corrected chi connectivity index (χ1v) is 9.36. The molecule has 0 spiro atoms. The molecule has 0 unspecified atom stereocenters. The highest BCUT2D eigenvalue weighted by molar-refractivity contribution is 5.97. The van der Waals surface area contributed by atoms with E-state index in [1.807, 2.05) is 43.3 Å². The van der Waals surface area contributed by atoms with Gasteiger partial charge in [0.15, 0.2) is 11.5 Å². The highest BCUT2D eigenvalue weighted by Gasteiger charge is 2.12. The molecular weight excluding hydrogens is 366 g/mol. The number of hydrogen-bond acceptors (Lipinski definition) is 4. The Balaban J connectivity index is 1.49. The number of fused-ring (bicyclic) bond motifs is 1. The van der Waals surface area contributed by atoms with Gasteiger partial charge >= 0.3 is 0 Å². The van der Waals surface area contributed by atoms with Gasteiger partial charge in [0.05, 0.1) is 11.0 Å². The third-order valence-electron chi connectivity index (χ3n) is 4.84. The Morgan fingerprint density at radius 1 is 1.00 bits per heavy atom. The van der Waals surface area contributed by atoms with E-state index in [0.717, 1.165) is 28.1 Å². The molecule has 0 radical (unpaired) electrons. The van der Waals surface area contributed by atoms with Gasteiger partial charge in [-0.25, -0.2) is 4.98 Å². The Labute approximate surface area is 168 Å². The number of aromatic hydroxyl groups is 2. The average molecular weight is 387 g/mol. The largest absolute Gasteiger partial charge is 0.504 e. The van der Waals surface area contributed by atoms with Crippen molar-refractivity contribution in [3.8, 4) is 17.2 Å². The van der Waals surface area contributed by atoms with Gasteiger partial charge in [-0.2, -0.15) is 0 Å². The molecule has 3 aromatic carbocycles. The summed E-state index contributed by atoms with van der Waals surface area (Å²) in [5, 5.41) is 21.8. The van der Waals surface area contributed by atoms with Crippen LogP contribution in [0.25, 0.3) is 16.7 Å². The predicted octanol–water partition coefficient (Wildman–Crippen LogP) is 3.72. The van der Waals surface area contributed by atoms with Crippen molar-refractivity contribution in [1.82, 2.24) is 14.9 Å². The van der Waals surface area contributed by atoms with Crippen LogP contribution in [0, 0.1) is 6.92 Å². The van der Waals surface area contributed by atoms with Crippen molar-refractivity contribution in [2.45, 2.75) is 13.3 Å². The second kappa shape index (κ2) is 7.67. The molecular formula is C23H21N3O3. The van der Waals surface area contributed by atoms with Gasteiger partial charge in [-0.15, -0.1) is 0 Å². The summed E-state index contributed by atoms with van der Waals surface area (Å²) in [6, 6.07) is 20.1. The summed E-state index contributed by atoms with van der Waals surface area (Å²) in [4.78, 5) is 17.1. The van der Waals surface area contributed by atoms with Gasteiger partial charge in [0, 0.05) is 17.8 Å². The zero-order valence-corrected chi connectivity index (χ0v) is 16.0. The van der Waals surface area contributed by atoms with Crippen LogP contribution in [-0.2, 0) is 6.42 Å². The Morgan fingerprint density at radius 3 is 2.55 bits per heavy atom. The number of carbonyl (C=O) groups excluding carboxylic acids is 1. The number of nitrogens with one attached hydrogen (secondary N) is 1. The van der Waals surface area contributed by atoms with E-state index in [4.69, 9.17) is 0 Å². The maximum Gasteiger partial charge on any atom is 0.251 e. The number of phenolic OH excluding ortho intramolecular Hbond substituents is 2. The van der Waals surface area contributed by atoms with Crippen LogP contribution < -0.4 is 5.32 Å². The predicted molar refractivity (Wildman–Crippen MR) is 112 cm³/mol. The van der Waals surface area contributed by atoms with E-state index in [1.54, 1.807) is 18.2 Å². The van der Waals surface area contributed by atoms with Crippen LogP contribution in [-0.4, -0.2) is 32.2 Å². The molecule has 6 nitrogen and oxygen atoms in total. The molecule has 1 heterocycles. The van der Waals surface area contributed by atoms with Crippen molar-refractivity contribution in [2.75, 3.05) is 6.54 Å². The quantitative estimate of drug-likeness (QED) is 0.456. The molecule has 0 aliphatic rings. The minimum Gasteiger partial charge on any atom is -0.504 e. The third kappa shape index (κ3) is 3.78. The lowest BCUT2D eigenvalue weighted by molar-refractivity contribution is 0.0954. The molecule has 1 amide bonds. The zero-order valence-electron chi connectivity index (χ0n) is 16.0. The molecule has 0 saturated heterocycles. The molecule has 29 heavy (non-hydrogen) atoms. The van der Waals surface area contributed by atoms with Gasteiger partial charge in [0.1, 0.15) is 5.82 Å². The monoisotopic (exact) mass is 387 g/mol. The van der Waals surface area contributed by atoms with E-state index in [-0.39, 0.29) is 17.4 Å². The normalized spacial score (nSPS) is 10.9. The minimum atomic E-state index is -0.179. The van der Waals surface area contributed by atoms with Crippen LogP contribution in [0.1, 0.15) is 21.7 Å². The summed E-state index contributed by atoms with van der Waals surface area (Å²) in [5.74, 6) is 0.359. The molecule has 0 aliphatic heterocycles. The van der Waals surface area contributed by atoms with Crippen LogP contribution in [0.15, 0.2) is 66.7 Å². The molecule has 3 N–H and O–H groups in total. The highest BCUT2D eigenvalue weighted by Crippen LogP contribution is 2.25. The second-order valence-electron chi connectivity index (χ2n) is 6.86. The smallest absolute Gasteiger partial charge is 0.251 e. The van der Waals surface area contributed by atoms with Crippen LogP contribution >= 0.6 is 0 Å². The number of imidazole rings is 1. The first-order chi connectivity index (χ1) is 14.0. The average Bonchev–Trinajstić information content (AvgIpc) is 3.06. The molecule has 0 bridgehead atoms. The number of para-hydroxylation sites is 1. The third-order valence-corrected chi connectivity index (χ3v) is 4.84. The fraction of sp³-hybridized carbons (Fsp3) is 0.130. The van der Waals surface area contributed by atoms with Gasteiger partial charge < -0.3 is 15.5 Å². The zero-order chi connectivity index (χ0) is 20.4. The maximum atomic E-state index is 12.5. The van der Waals surface area contributed by atoms with E-state index in [2.05, 4.69) is 14.9 Å². The number of phenols is 2. The molecule has 0 atom stereocenters. The molecule has 0 aliphatic carbocycles. The van der Waals surface area contributed by atoms with Crippen LogP contribution in [0.3, 0.4) is 0 Å². The number of hydrogen-bond donors (Lipinski definition) is 3. The number of amides is 1. The number of nitrogens with zero attached hydrogens (tertiary/aromatic N) is 2.